The van der Waals surface area contributed by atoms with Gasteiger partial charge in [0.1, 0.15) is 23.0 Å². The van der Waals surface area contributed by atoms with E-state index >= 15 is 0 Å². The molecule has 1 aromatic heterocycles. The summed E-state index contributed by atoms with van der Waals surface area (Å²) in [5.41, 5.74) is 1.83. The molecular formula is C21H21N3O2. The zero-order valence-electron chi connectivity index (χ0n) is 14.7. The molecule has 26 heavy (non-hydrogen) atoms. The number of aryl methyl sites for hydroxylation is 1. The highest BCUT2D eigenvalue weighted by atomic mass is 16.5. The fraction of sp³-hybridized carbons (Fsp3) is 0.238. The van der Waals surface area contributed by atoms with Gasteiger partial charge in [0.15, 0.2) is 0 Å². The summed E-state index contributed by atoms with van der Waals surface area (Å²) in [7, 11) is 0. The van der Waals surface area contributed by atoms with Crippen molar-refractivity contribution in [2.75, 3.05) is 26.3 Å². The van der Waals surface area contributed by atoms with Gasteiger partial charge >= 0.3 is 0 Å². The van der Waals surface area contributed by atoms with Crippen LogP contribution in [0.5, 0.6) is 11.5 Å². The Morgan fingerprint density at radius 3 is 2.62 bits per heavy atom. The van der Waals surface area contributed by atoms with Crippen LogP contribution in [0.25, 0.3) is 10.8 Å². The van der Waals surface area contributed by atoms with E-state index in [1.54, 1.807) is 6.20 Å². The fourth-order valence-electron chi connectivity index (χ4n) is 3.10. The molecule has 0 aliphatic carbocycles. The standard InChI is InChI=1S/C21H21N3O2/c1-15-2-3-16-4-5-18(13-17(16)12-15)26-19-6-7-23-20(14-19)21(22)24-8-10-25-11-9-24/h2-7,12-14,22H,8-11H2,1H3. The summed E-state index contributed by atoms with van der Waals surface area (Å²) in [6, 6.07) is 16.1. The first-order valence-corrected chi connectivity index (χ1v) is 8.75. The van der Waals surface area contributed by atoms with Crippen LogP contribution in [0, 0.1) is 12.3 Å². The average Bonchev–Trinajstić information content (AvgIpc) is 2.68. The van der Waals surface area contributed by atoms with E-state index in [1.165, 1.54) is 10.9 Å². The smallest absolute Gasteiger partial charge is 0.147 e. The molecule has 1 N–H and O–H groups in total. The van der Waals surface area contributed by atoms with Gasteiger partial charge in [-0.2, -0.15) is 0 Å². The highest BCUT2D eigenvalue weighted by Crippen LogP contribution is 2.26. The Morgan fingerprint density at radius 2 is 1.77 bits per heavy atom. The Bertz CT molecular complexity index is 949. The van der Waals surface area contributed by atoms with Gasteiger partial charge < -0.3 is 14.4 Å². The number of amidine groups is 1. The first-order valence-electron chi connectivity index (χ1n) is 8.75. The molecule has 0 unspecified atom stereocenters. The van der Waals surface area contributed by atoms with E-state index in [-0.39, 0.29) is 0 Å². The van der Waals surface area contributed by atoms with Gasteiger partial charge in [0.25, 0.3) is 0 Å². The summed E-state index contributed by atoms with van der Waals surface area (Å²) in [5.74, 6) is 1.87. The Morgan fingerprint density at radius 1 is 1.00 bits per heavy atom. The number of hydrogen-bond donors (Lipinski definition) is 1. The lowest BCUT2D eigenvalue weighted by atomic mass is 10.1. The predicted octanol–water partition coefficient (Wildman–Crippen LogP) is 3.99. The molecule has 0 spiro atoms. The molecule has 5 heteroatoms. The number of aromatic nitrogens is 1. The normalized spacial score (nSPS) is 14.4. The number of nitrogens with zero attached hydrogens (tertiary/aromatic N) is 2. The molecule has 4 rings (SSSR count). The maximum atomic E-state index is 8.38. The van der Waals surface area contributed by atoms with Crippen molar-refractivity contribution in [3.8, 4) is 11.5 Å². The molecule has 0 bridgehead atoms. The highest BCUT2D eigenvalue weighted by molar-refractivity contribution is 5.95. The third-order valence-corrected chi connectivity index (χ3v) is 4.50. The van der Waals surface area contributed by atoms with E-state index in [4.69, 9.17) is 14.9 Å². The predicted molar refractivity (Wildman–Crippen MR) is 102 cm³/mol. The Hall–Kier alpha value is -2.92. The van der Waals surface area contributed by atoms with Crippen LogP contribution in [-0.4, -0.2) is 42.0 Å². The lowest BCUT2D eigenvalue weighted by molar-refractivity contribution is 0.0679. The Labute approximate surface area is 152 Å². The molecule has 1 saturated heterocycles. The van der Waals surface area contributed by atoms with E-state index in [0.29, 0.717) is 30.5 Å². The maximum Gasteiger partial charge on any atom is 0.147 e. The van der Waals surface area contributed by atoms with Gasteiger partial charge in [0.2, 0.25) is 0 Å². The van der Waals surface area contributed by atoms with Crippen LogP contribution >= 0.6 is 0 Å². The molecule has 0 saturated carbocycles. The molecule has 3 aromatic rings. The van der Waals surface area contributed by atoms with Crippen molar-refractivity contribution in [3.63, 3.8) is 0 Å². The summed E-state index contributed by atoms with van der Waals surface area (Å²) in [5, 5.41) is 10.7. The zero-order chi connectivity index (χ0) is 17.9. The quantitative estimate of drug-likeness (QED) is 0.575. The molecule has 1 fully saturated rings. The minimum atomic E-state index is 0.410. The maximum absolute atomic E-state index is 8.38. The van der Waals surface area contributed by atoms with Gasteiger partial charge in [-0.15, -0.1) is 0 Å². The van der Waals surface area contributed by atoms with Crippen molar-refractivity contribution in [1.82, 2.24) is 9.88 Å². The van der Waals surface area contributed by atoms with E-state index in [2.05, 4.69) is 36.2 Å². The summed E-state index contributed by atoms with van der Waals surface area (Å²) in [6.45, 7) is 4.81. The molecule has 132 valence electrons. The number of benzene rings is 2. The Kier molecular flexibility index (Phi) is 4.54. The second kappa shape index (κ2) is 7.14. The lowest BCUT2D eigenvalue weighted by Crippen LogP contribution is -2.41. The summed E-state index contributed by atoms with van der Waals surface area (Å²) in [4.78, 5) is 6.31. The topological polar surface area (TPSA) is 58.4 Å². The number of morpholine rings is 1. The van der Waals surface area contributed by atoms with E-state index in [0.717, 1.165) is 24.2 Å². The van der Waals surface area contributed by atoms with Gasteiger partial charge in [-0.1, -0.05) is 29.8 Å². The van der Waals surface area contributed by atoms with Crippen molar-refractivity contribution in [3.05, 3.63) is 66.0 Å². The SMILES string of the molecule is Cc1ccc2ccc(Oc3ccnc(C(=N)N4CCOCC4)c3)cc2c1. The second-order valence-electron chi connectivity index (χ2n) is 6.44. The number of rotatable bonds is 3. The van der Waals surface area contributed by atoms with Crippen LogP contribution in [0.2, 0.25) is 0 Å². The van der Waals surface area contributed by atoms with Gasteiger partial charge in [0.05, 0.1) is 13.2 Å². The number of ether oxygens (including phenoxy) is 2. The average molecular weight is 347 g/mol. The second-order valence-corrected chi connectivity index (χ2v) is 6.44. The van der Waals surface area contributed by atoms with E-state index in [1.807, 2.05) is 29.2 Å². The molecule has 2 heterocycles. The fourth-order valence-corrected chi connectivity index (χ4v) is 3.10. The van der Waals surface area contributed by atoms with E-state index in [9.17, 15) is 0 Å². The minimum Gasteiger partial charge on any atom is -0.457 e. The van der Waals surface area contributed by atoms with Crippen LogP contribution in [-0.2, 0) is 4.74 Å². The molecule has 0 atom stereocenters. The van der Waals surface area contributed by atoms with Crippen LogP contribution in [0.3, 0.4) is 0 Å². The van der Waals surface area contributed by atoms with Crippen LogP contribution in [0.1, 0.15) is 11.3 Å². The van der Waals surface area contributed by atoms with Crippen molar-refractivity contribution < 1.29 is 9.47 Å². The number of fused-ring (bicyclic) bond motifs is 1. The number of hydrogen-bond acceptors (Lipinski definition) is 4. The Balaban J connectivity index is 1.56. The molecular weight excluding hydrogens is 326 g/mol. The van der Waals surface area contributed by atoms with Crippen molar-refractivity contribution in [2.24, 2.45) is 0 Å². The number of nitrogens with one attached hydrogen (secondary N) is 1. The van der Waals surface area contributed by atoms with Gasteiger partial charge in [-0.05, 0) is 35.9 Å². The first kappa shape index (κ1) is 16.5. The third-order valence-electron chi connectivity index (χ3n) is 4.50. The monoisotopic (exact) mass is 347 g/mol. The van der Waals surface area contributed by atoms with Crippen molar-refractivity contribution in [2.45, 2.75) is 6.92 Å². The van der Waals surface area contributed by atoms with Gasteiger partial charge in [-0.25, -0.2) is 0 Å². The van der Waals surface area contributed by atoms with Crippen molar-refractivity contribution >= 4 is 16.6 Å². The number of pyridine rings is 1. The van der Waals surface area contributed by atoms with Crippen LogP contribution in [0.15, 0.2) is 54.7 Å². The summed E-state index contributed by atoms with van der Waals surface area (Å²) in [6.07, 6.45) is 1.69. The van der Waals surface area contributed by atoms with Gasteiger partial charge in [0, 0.05) is 25.4 Å². The summed E-state index contributed by atoms with van der Waals surface area (Å²) >= 11 is 0. The zero-order valence-corrected chi connectivity index (χ0v) is 14.7. The first-order chi connectivity index (χ1) is 12.7. The molecule has 0 amide bonds. The highest BCUT2D eigenvalue weighted by Gasteiger charge is 2.16. The molecule has 0 radical (unpaired) electrons. The van der Waals surface area contributed by atoms with Crippen molar-refractivity contribution in [1.29, 1.82) is 5.41 Å². The summed E-state index contributed by atoms with van der Waals surface area (Å²) < 4.78 is 11.4. The van der Waals surface area contributed by atoms with Crippen LogP contribution < -0.4 is 4.74 Å². The molecule has 1 aliphatic rings. The minimum absolute atomic E-state index is 0.410. The van der Waals surface area contributed by atoms with E-state index < -0.39 is 0 Å². The lowest BCUT2D eigenvalue weighted by Gasteiger charge is -2.28. The van der Waals surface area contributed by atoms with Crippen LogP contribution in [0.4, 0.5) is 0 Å². The molecule has 5 nitrogen and oxygen atoms in total. The van der Waals surface area contributed by atoms with Gasteiger partial charge in [-0.3, -0.25) is 10.4 Å². The molecule has 2 aromatic carbocycles. The molecule has 1 aliphatic heterocycles. The third kappa shape index (κ3) is 3.53. The largest absolute Gasteiger partial charge is 0.457 e.